The van der Waals surface area contributed by atoms with Crippen molar-refractivity contribution in [2.45, 2.75) is 52.4 Å². The molecule has 52 heavy (non-hydrogen) atoms. The molecule has 0 aliphatic carbocycles. The van der Waals surface area contributed by atoms with Gasteiger partial charge in [0.1, 0.15) is 0 Å². The van der Waals surface area contributed by atoms with Crippen LogP contribution in [0.25, 0.3) is 21.5 Å². The summed E-state index contributed by atoms with van der Waals surface area (Å²) in [6, 6.07) is 16.5. The van der Waals surface area contributed by atoms with Gasteiger partial charge in [-0.1, -0.05) is 74.6 Å². The van der Waals surface area contributed by atoms with E-state index in [0.717, 1.165) is 62.2 Å². The molecule has 4 aromatic carbocycles. The van der Waals surface area contributed by atoms with Crippen LogP contribution in [0.4, 0.5) is 0 Å². The molecule has 2 heterocycles. The second-order valence-electron chi connectivity index (χ2n) is 12.0. The Labute approximate surface area is 301 Å². The van der Waals surface area contributed by atoms with Crippen LogP contribution in [0.5, 0.6) is 0 Å². The van der Waals surface area contributed by atoms with Gasteiger partial charge in [0, 0.05) is 34.7 Å². The predicted octanol–water partition coefficient (Wildman–Crippen LogP) is 5.74. The lowest BCUT2D eigenvalue weighted by Gasteiger charge is -2.25. The number of rotatable bonds is 8. The zero-order chi connectivity index (χ0) is 37.8. The summed E-state index contributed by atoms with van der Waals surface area (Å²) in [5.74, 6) is 9.13. The van der Waals surface area contributed by atoms with Gasteiger partial charge in [-0.05, 0) is 60.0 Å². The molecule has 12 nitrogen and oxygen atoms in total. The maximum absolute atomic E-state index is 12.6. The molecule has 0 fully saturated rings. The molecular formula is C38H34N2O10S2. The van der Waals surface area contributed by atoms with Crippen molar-refractivity contribution in [3.05, 3.63) is 94.0 Å². The Balaban J connectivity index is 0.000000201. The third-order valence-electron chi connectivity index (χ3n) is 7.92. The third kappa shape index (κ3) is 8.06. The van der Waals surface area contributed by atoms with Crippen LogP contribution in [-0.4, -0.2) is 63.1 Å². The number of hydroxylamine groups is 4. The van der Waals surface area contributed by atoms with Gasteiger partial charge >= 0.3 is 0 Å². The lowest BCUT2D eigenvalue weighted by molar-refractivity contribution is -0.0153. The zero-order valence-electron chi connectivity index (χ0n) is 28.8. The van der Waals surface area contributed by atoms with Crippen molar-refractivity contribution in [3.8, 4) is 23.7 Å². The van der Waals surface area contributed by atoms with Crippen LogP contribution in [0.15, 0.2) is 60.7 Å². The van der Waals surface area contributed by atoms with E-state index in [1.807, 2.05) is 0 Å². The van der Waals surface area contributed by atoms with E-state index in [2.05, 4.69) is 46.1 Å². The average molecular weight is 743 g/mol. The van der Waals surface area contributed by atoms with Gasteiger partial charge in [-0.15, -0.1) is 18.7 Å². The first-order valence-corrected chi connectivity index (χ1v) is 20.0. The summed E-state index contributed by atoms with van der Waals surface area (Å²) < 4.78 is 54.7. The molecule has 0 N–H and O–H groups in total. The van der Waals surface area contributed by atoms with Gasteiger partial charge in [-0.2, -0.15) is 16.8 Å². The van der Waals surface area contributed by atoms with Gasteiger partial charge in [0.2, 0.25) is 0 Å². The van der Waals surface area contributed by atoms with Crippen LogP contribution in [0.1, 0.15) is 105 Å². The molecule has 2 aliphatic rings. The molecule has 0 spiro atoms. The molecule has 2 aliphatic heterocycles. The first-order valence-electron chi connectivity index (χ1n) is 16.3. The minimum atomic E-state index is -4.02. The standard InChI is InChI=1S/2C19H17NO5S/c2*1-3-4-5-6-8-13-11-12-16-17-14(13)9-7-10-15(17)18(21)20(19(16)22)25-26(2,23)24/h2*7,9-12H,3-5H2,1-2H3. The number of hydrogen-bond acceptors (Lipinski definition) is 10. The van der Waals surface area contributed by atoms with Crippen molar-refractivity contribution in [2.24, 2.45) is 0 Å². The highest BCUT2D eigenvalue weighted by Crippen LogP contribution is 2.34. The van der Waals surface area contributed by atoms with E-state index < -0.39 is 43.9 Å². The highest BCUT2D eigenvalue weighted by molar-refractivity contribution is 7.86. The Morgan fingerprint density at radius 2 is 0.885 bits per heavy atom. The quantitative estimate of drug-likeness (QED) is 0.124. The van der Waals surface area contributed by atoms with Crippen LogP contribution >= 0.6 is 0 Å². The Kier molecular flexibility index (Phi) is 11.3. The molecule has 0 saturated carbocycles. The van der Waals surface area contributed by atoms with Crippen molar-refractivity contribution in [2.75, 3.05) is 12.5 Å². The van der Waals surface area contributed by atoms with Crippen molar-refractivity contribution < 1.29 is 44.6 Å². The monoisotopic (exact) mass is 742 g/mol. The summed E-state index contributed by atoms with van der Waals surface area (Å²) in [5, 5.41) is 2.89. The predicted molar refractivity (Wildman–Crippen MR) is 194 cm³/mol. The molecule has 0 atom stereocenters. The second kappa shape index (κ2) is 15.5. The maximum atomic E-state index is 12.6. The molecule has 4 aromatic rings. The van der Waals surface area contributed by atoms with E-state index in [4.69, 9.17) is 0 Å². The van der Waals surface area contributed by atoms with Gasteiger partial charge in [0.15, 0.2) is 0 Å². The first-order chi connectivity index (χ1) is 24.7. The van der Waals surface area contributed by atoms with Crippen LogP contribution < -0.4 is 0 Å². The fraction of sp³-hybridized carbons (Fsp3) is 0.263. The van der Waals surface area contributed by atoms with Crippen LogP contribution in [0.2, 0.25) is 0 Å². The van der Waals surface area contributed by atoms with Crippen molar-refractivity contribution in [3.63, 3.8) is 0 Å². The smallest absolute Gasteiger partial charge is 0.266 e. The fourth-order valence-electron chi connectivity index (χ4n) is 5.62. The maximum Gasteiger partial charge on any atom is 0.286 e. The molecule has 6 rings (SSSR count). The Hall–Kier alpha value is -5.38. The average Bonchev–Trinajstić information content (AvgIpc) is 3.10. The third-order valence-corrected chi connectivity index (χ3v) is 8.76. The molecule has 268 valence electrons. The molecule has 0 aromatic heterocycles. The number of unbranched alkanes of at least 4 members (excludes halogenated alkanes) is 4. The number of carbonyl (C=O) groups is 4. The van der Waals surface area contributed by atoms with Gasteiger partial charge in [-0.3, -0.25) is 19.2 Å². The van der Waals surface area contributed by atoms with Gasteiger partial charge in [0.25, 0.3) is 43.9 Å². The van der Waals surface area contributed by atoms with Gasteiger partial charge < -0.3 is 0 Å². The van der Waals surface area contributed by atoms with Crippen LogP contribution in [0.3, 0.4) is 0 Å². The van der Waals surface area contributed by atoms with Crippen molar-refractivity contribution in [1.29, 1.82) is 0 Å². The second-order valence-corrected chi connectivity index (χ2v) is 15.1. The van der Waals surface area contributed by atoms with Crippen molar-refractivity contribution >= 4 is 65.4 Å². The summed E-state index contributed by atoms with van der Waals surface area (Å²) in [6.45, 7) is 4.18. The van der Waals surface area contributed by atoms with E-state index in [1.54, 1.807) is 48.5 Å². The molecule has 0 unspecified atom stereocenters. The first kappa shape index (κ1) is 37.9. The topological polar surface area (TPSA) is 161 Å². The Morgan fingerprint density at radius 1 is 0.538 bits per heavy atom. The molecular weight excluding hydrogens is 709 g/mol. The van der Waals surface area contributed by atoms with E-state index in [0.29, 0.717) is 31.7 Å². The number of imide groups is 2. The summed E-state index contributed by atoms with van der Waals surface area (Å²) in [4.78, 5) is 50.3. The normalized spacial score (nSPS) is 13.7. The molecule has 0 saturated heterocycles. The van der Waals surface area contributed by atoms with Gasteiger partial charge in [0.05, 0.1) is 34.8 Å². The van der Waals surface area contributed by atoms with E-state index >= 15 is 0 Å². The number of benzene rings is 4. The summed E-state index contributed by atoms with van der Waals surface area (Å²) >= 11 is 0. The number of amides is 4. The minimum Gasteiger partial charge on any atom is -0.266 e. The highest BCUT2D eigenvalue weighted by atomic mass is 32.2. The lowest BCUT2D eigenvalue weighted by Crippen LogP contribution is -2.41. The molecule has 0 radical (unpaired) electrons. The van der Waals surface area contributed by atoms with E-state index in [-0.39, 0.29) is 22.3 Å². The fourth-order valence-corrected chi connectivity index (χ4v) is 6.43. The van der Waals surface area contributed by atoms with E-state index in [1.165, 1.54) is 12.1 Å². The summed E-state index contributed by atoms with van der Waals surface area (Å²) in [5.41, 5.74) is 2.27. The van der Waals surface area contributed by atoms with E-state index in [9.17, 15) is 36.0 Å². The lowest BCUT2D eigenvalue weighted by atomic mass is 9.92. The van der Waals surface area contributed by atoms with Gasteiger partial charge in [-0.25, -0.2) is 0 Å². The molecule has 4 amide bonds. The van der Waals surface area contributed by atoms with Crippen LogP contribution in [-0.2, 0) is 28.8 Å². The number of nitrogens with zero attached hydrogens (tertiary/aromatic N) is 2. The minimum absolute atomic E-state index is 0.206. The Bertz CT molecular complexity index is 2280. The largest absolute Gasteiger partial charge is 0.286 e. The SMILES string of the molecule is CCCCC#Cc1ccc2c3c(cccc13)C(=O)N(OS(C)(=O)=O)C2=O.CCCCC#Cc1ccc2c3c(cccc13)C(=O)N(OS(C)(=O)=O)C2=O. The Morgan fingerprint density at radius 3 is 1.21 bits per heavy atom. The molecule has 14 heteroatoms. The summed E-state index contributed by atoms with van der Waals surface area (Å²) in [6.07, 6.45) is 7.21. The highest BCUT2D eigenvalue weighted by Gasteiger charge is 2.38. The number of carbonyl (C=O) groups excluding carboxylic acids is 4. The van der Waals surface area contributed by atoms with Crippen molar-refractivity contribution in [1.82, 2.24) is 10.1 Å². The number of hydrogen-bond donors (Lipinski definition) is 0. The van der Waals surface area contributed by atoms with Crippen LogP contribution in [0, 0.1) is 23.7 Å². The molecule has 0 bridgehead atoms. The summed E-state index contributed by atoms with van der Waals surface area (Å²) in [7, 11) is -8.05. The zero-order valence-corrected chi connectivity index (χ0v) is 30.4.